The molecule has 23 heavy (non-hydrogen) atoms. The summed E-state index contributed by atoms with van der Waals surface area (Å²) in [4.78, 5) is 0.218. The quantitative estimate of drug-likeness (QED) is 0.857. The van der Waals surface area contributed by atoms with E-state index in [9.17, 15) is 8.42 Å². The lowest BCUT2D eigenvalue weighted by atomic mass is 10.2. The number of benzene rings is 1. The van der Waals surface area contributed by atoms with Crippen LogP contribution in [-0.2, 0) is 19.5 Å². The summed E-state index contributed by atoms with van der Waals surface area (Å²) in [5.74, 6) is 0.192. The van der Waals surface area contributed by atoms with Crippen molar-refractivity contribution in [2.45, 2.75) is 49.4 Å². The molecule has 1 heterocycles. The van der Waals surface area contributed by atoms with Crippen LogP contribution in [0.4, 0.5) is 0 Å². The summed E-state index contributed by atoms with van der Waals surface area (Å²) >= 11 is 0. The van der Waals surface area contributed by atoms with Crippen LogP contribution in [0.2, 0.25) is 0 Å². The highest BCUT2D eigenvalue weighted by molar-refractivity contribution is 7.89. The van der Waals surface area contributed by atoms with Crippen LogP contribution in [0.1, 0.15) is 32.6 Å². The van der Waals surface area contributed by atoms with Crippen molar-refractivity contribution in [2.24, 2.45) is 0 Å². The summed E-state index contributed by atoms with van der Waals surface area (Å²) in [6, 6.07) is 6.39. The molecule has 0 aromatic heterocycles. The fourth-order valence-corrected chi connectivity index (χ4v) is 4.13. The van der Waals surface area contributed by atoms with Crippen LogP contribution in [0.25, 0.3) is 0 Å². The first-order chi connectivity index (χ1) is 11.0. The van der Waals surface area contributed by atoms with E-state index in [1.54, 1.807) is 12.1 Å². The third-order valence-electron chi connectivity index (χ3n) is 4.23. The Labute approximate surface area is 137 Å². The molecular weight excluding hydrogens is 318 g/mol. The number of hydrogen-bond acceptors (Lipinski definition) is 5. The standard InChI is InChI=1S/C16H23NO5S/c1-2-20-13-5-7-15(8-6-13)23(18,19)17-11-14-12-21-16(22-14)9-3-4-10-16/h5-8,14,17H,2-4,9-12H2,1H3. The molecule has 1 aromatic rings. The van der Waals surface area contributed by atoms with Gasteiger partial charge in [-0.15, -0.1) is 0 Å². The Kier molecular flexibility index (Phi) is 4.91. The van der Waals surface area contributed by atoms with Gasteiger partial charge in [-0.1, -0.05) is 0 Å². The van der Waals surface area contributed by atoms with Gasteiger partial charge in [-0.05, 0) is 44.0 Å². The first kappa shape index (κ1) is 16.7. The van der Waals surface area contributed by atoms with Gasteiger partial charge in [-0.2, -0.15) is 0 Å². The van der Waals surface area contributed by atoms with Gasteiger partial charge in [0.05, 0.1) is 24.2 Å². The Morgan fingerprint density at radius 1 is 1.26 bits per heavy atom. The van der Waals surface area contributed by atoms with Crippen molar-refractivity contribution in [3.05, 3.63) is 24.3 Å². The number of rotatable bonds is 6. The Balaban J connectivity index is 1.56. The van der Waals surface area contributed by atoms with Gasteiger partial charge in [-0.25, -0.2) is 13.1 Å². The Bertz CT molecular complexity index is 622. The molecule has 0 bridgehead atoms. The van der Waals surface area contributed by atoms with Crippen LogP contribution >= 0.6 is 0 Å². The van der Waals surface area contributed by atoms with Gasteiger partial charge in [-0.3, -0.25) is 0 Å². The van der Waals surface area contributed by atoms with E-state index in [1.807, 2.05) is 6.92 Å². The molecule has 1 saturated heterocycles. The zero-order valence-electron chi connectivity index (χ0n) is 13.3. The van der Waals surface area contributed by atoms with Gasteiger partial charge >= 0.3 is 0 Å². The summed E-state index contributed by atoms with van der Waals surface area (Å²) in [6.07, 6.45) is 3.77. The van der Waals surface area contributed by atoms with E-state index in [-0.39, 0.29) is 17.5 Å². The lowest BCUT2D eigenvalue weighted by Crippen LogP contribution is -2.35. The highest BCUT2D eigenvalue weighted by atomic mass is 32.2. The van der Waals surface area contributed by atoms with Crippen LogP contribution in [0.15, 0.2) is 29.2 Å². The zero-order valence-corrected chi connectivity index (χ0v) is 14.1. The Hall–Kier alpha value is -1.15. The van der Waals surface area contributed by atoms with E-state index < -0.39 is 15.8 Å². The second kappa shape index (κ2) is 6.76. The summed E-state index contributed by atoms with van der Waals surface area (Å²) in [6.45, 7) is 3.08. The lowest BCUT2D eigenvalue weighted by Gasteiger charge is -2.21. The molecule has 3 rings (SSSR count). The molecule has 1 unspecified atom stereocenters. The number of hydrogen-bond donors (Lipinski definition) is 1. The molecule has 1 spiro atoms. The smallest absolute Gasteiger partial charge is 0.240 e. The monoisotopic (exact) mass is 341 g/mol. The minimum absolute atomic E-state index is 0.218. The van der Waals surface area contributed by atoms with E-state index in [4.69, 9.17) is 14.2 Å². The van der Waals surface area contributed by atoms with Crippen molar-refractivity contribution in [2.75, 3.05) is 19.8 Å². The van der Waals surface area contributed by atoms with Crippen LogP contribution in [0, 0.1) is 0 Å². The molecule has 0 radical (unpaired) electrons. The van der Waals surface area contributed by atoms with Gasteiger partial charge in [0.1, 0.15) is 5.75 Å². The largest absolute Gasteiger partial charge is 0.494 e. The van der Waals surface area contributed by atoms with E-state index in [1.165, 1.54) is 12.1 Å². The van der Waals surface area contributed by atoms with Crippen LogP contribution < -0.4 is 9.46 Å². The van der Waals surface area contributed by atoms with Crippen molar-refractivity contribution < 1.29 is 22.6 Å². The predicted octanol–water partition coefficient (Wildman–Crippen LogP) is 2.05. The van der Waals surface area contributed by atoms with Gasteiger partial charge in [0.15, 0.2) is 5.79 Å². The molecule has 0 amide bonds. The van der Waals surface area contributed by atoms with Crippen molar-refractivity contribution in [3.8, 4) is 5.75 Å². The minimum Gasteiger partial charge on any atom is -0.494 e. The Morgan fingerprint density at radius 3 is 2.61 bits per heavy atom. The fraction of sp³-hybridized carbons (Fsp3) is 0.625. The molecule has 7 heteroatoms. The fourth-order valence-electron chi connectivity index (χ4n) is 3.06. The molecule has 1 atom stereocenters. The zero-order chi connectivity index (χ0) is 16.3. The molecule has 1 saturated carbocycles. The topological polar surface area (TPSA) is 73.9 Å². The SMILES string of the molecule is CCOc1ccc(S(=O)(=O)NCC2COC3(CCCC3)O2)cc1. The number of nitrogens with one attached hydrogen (secondary N) is 1. The molecule has 128 valence electrons. The van der Waals surface area contributed by atoms with E-state index >= 15 is 0 Å². The van der Waals surface area contributed by atoms with E-state index in [0.29, 0.717) is 19.0 Å². The van der Waals surface area contributed by atoms with Gasteiger partial charge in [0.25, 0.3) is 0 Å². The first-order valence-corrected chi connectivity index (χ1v) is 9.56. The molecule has 2 fully saturated rings. The Morgan fingerprint density at radius 2 is 1.96 bits per heavy atom. The third-order valence-corrected chi connectivity index (χ3v) is 5.66. The molecule has 1 aliphatic carbocycles. The normalized spacial score (nSPS) is 23.4. The second-order valence-electron chi connectivity index (χ2n) is 5.92. The third kappa shape index (κ3) is 3.85. The highest BCUT2D eigenvalue weighted by Crippen LogP contribution is 2.39. The molecule has 6 nitrogen and oxygen atoms in total. The maximum Gasteiger partial charge on any atom is 0.240 e. The van der Waals surface area contributed by atoms with Gasteiger partial charge in [0, 0.05) is 19.4 Å². The highest BCUT2D eigenvalue weighted by Gasteiger charge is 2.43. The first-order valence-electron chi connectivity index (χ1n) is 8.07. The minimum atomic E-state index is -3.56. The summed E-state index contributed by atoms with van der Waals surface area (Å²) in [5.41, 5.74) is 0. The molecular formula is C16H23NO5S. The summed E-state index contributed by atoms with van der Waals surface area (Å²) < 4.78 is 44.2. The maximum absolute atomic E-state index is 12.3. The summed E-state index contributed by atoms with van der Waals surface area (Å²) in [7, 11) is -3.56. The van der Waals surface area contributed by atoms with Gasteiger partial charge < -0.3 is 14.2 Å². The van der Waals surface area contributed by atoms with Crippen molar-refractivity contribution in [3.63, 3.8) is 0 Å². The van der Waals surface area contributed by atoms with Crippen molar-refractivity contribution in [1.82, 2.24) is 4.72 Å². The maximum atomic E-state index is 12.3. The van der Waals surface area contributed by atoms with Crippen molar-refractivity contribution in [1.29, 1.82) is 0 Å². The van der Waals surface area contributed by atoms with Crippen molar-refractivity contribution >= 4 is 10.0 Å². The average molecular weight is 341 g/mol. The van der Waals surface area contributed by atoms with Gasteiger partial charge in [0.2, 0.25) is 10.0 Å². The summed E-state index contributed by atoms with van der Waals surface area (Å²) in [5, 5.41) is 0. The second-order valence-corrected chi connectivity index (χ2v) is 7.69. The van der Waals surface area contributed by atoms with E-state index in [2.05, 4.69) is 4.72 Å². The van der Waals surface area contributed by atoms with E-state index in [0.717, 1.165) is 25.7 Å². The lowest BCUT2D eigenvalue weighted by molar-refractivity contribution is -0.160. The number of ether oxygens (including phenoxy) is 3. The average Bonchev–Trinajstić information content (AvgIpc) is 3.17. The predicted molar refractivity (Wildman–Crippen MR) is 84.8 cm³/mol. The molecule has 2 aliphatic rings. The number of sulfonamides is 1. The molecule has 1 aliphatic heterocycles. The van der Waals surface area contributed by atoms with Crippen LogP contribution in [0.5, 0.6) is 5.75 Å². The van der Waals surface area contributed by atoms with Crippen LogP contribution in [0.3, 0.4) is 0 Å². The molecule has 1 N–H and O–H groups in total. The van der Waals surface area contributed by atoms with Crippen LogP contribution in [-0.4, -0.2) is 40.1 Å². The molecule has 1 aromatic carbocycles.